The number of Topliss-reactive ketones (excluding diaryl/α,β-unsaturated/α-hetero) is 3. The number of aliphatic imine (C=N–C) groups is 2. The average molecular weight is 942 g/mol. The molecule has 0 bridgehead atoms. The fourth-order valence-corrected chi connectivity index (χ4v) is 6.90. The predicted molar refractivity (Wildman–Crippen MR) is 247 cm³/mol. The van der Waals surface area contributed by atoms with Crippen LogP contribution in [0.2, 0.25) is 0 Å². The van der Waals surface area contributed by atoms with Gasteiger partial charge in [0.15, 0.2) is 29.3 Å². The number of nitrogens with two attached hydrogens (primary N) is 6. The number of carboxylic acid groups (broad SMARTS) is 1. The predicted octanol–water partition coefficient (Wildman–Crippen LogP) is -2.79. The van der Waals surface area contributed by atoms with Gasteiger partial charge in [0.2, 0.25) is 29.5 Å². The van der Waals surface area contributed by atoms with Gasteiger partial charge in [-0.1, -0.05) is 32.0 Å². The van der Waals surface area contributed by atoms with E-state index in [9.17, 15) is 53.4 Å². The van der Waals surface area contributed by atoms with Crippen molar-refractivity contribution >= 4 is 75.7 Å². The molecule has 0 saturated carbocycles. The number of benzene rings is 1. The van der Waals surface area contributed by atoms with E-state index < -0.39 is 127 Å². The number of fused-ring (bicyclic) bond motifs is 1. The number of carbonyl (C=O) groups excluding carboxylic acids is 8. The molecule has 2 rings (SSSR count). The van der Waals surface area contributed by atoms with Gasteiger partial charge in [-0.25, -0.2) is 4.79 Å². The van der Waals surface area contributed by atoms with E-state index in [2.05, 4.69) is 36.2 Å². The van der Waals surface area contributed by atoms with E-state index in [1.807, 2.05) is 18.2 Å². The van der Waals surface area contributed by atoms with Gasteiger partial charge in [-0.2, -0.15) is 0 Å². The molecule has 19 N–H and O–H groups in total. The first-order chi connectivity index (χ1) is 31.5. The standard InChI is InChI=1S/C43H67N13O11/c1-22(38(63)56-32(21-57)34(59)17-23(2)37(62)55-31(41(66)67)18-26-20-52-28-9-5-4-8-27(26)28)16-33(58)29(10-6-14-50-42(46)47)54-40(65)25(12-13-36(45)61)19-35(60)30(53-39(64)24(3)44)11-7-15-51-43(48)49/h4-5,8-9,20,22-25,29-32,52,57H,6-7,10-19,21,44H2,1-3H3,(H2,45,61)(H,53,64)(H,54,65)(H,55,62)(H,56,63)(H,66,67)(H4,46,47,50)(H4,48,49,51)/t22-,23-,24+,25-,29+,30+,31+,32+/m1/s1. The van der Waals surface area contributed by atoms with Gasteiger partial charge in [0.25, 0.3) is 0 Å². The van der Waals surface area contributed by atoms with Gasteiger partial charge in [0.1, 0.15) is 12.1 Å². The number of aromatic nitrogens is 1. The Morgan fingerprint density at radius 3 is 1.61 bits per heavy atom. The number of aliphatic hydroxyl groups is 1. The van der Waals surface area contributed by atoms with Crippen molar-refractivity contribution in [3.63, 3.8) is 0 Å². The van der Waals surface area contributed by atoms with Gasteiger partial charge >= 0.3 is 5.97 Å². The zero-order valence-corrected chi connectivity index (χ0v) is 38.1. The van der Waals surface area contributed by atoms with Crippen LogP contribution in [0.5, 0.6) is 0 Å². The summed E-state index contributed by atoms with van der Waals surface area (Å²) in [4.78, 5) is 128. The van der Waals surface area contributed by atoms with Crippen molar-refractivity contribution in [3.8, 4) is 0 Å². The maximum Gasteiger partial charge on any atom is 0.326 e. The molecule has 24 heteroatoms. The largest absolute Gasteiger partial charge is 0.480 e. The summed E-state index contributed by atoms with van der Waals surface area (Å²) in [6.07, 6.45) is 0.105. The summed E-state index contributed by atoms with van der Waals surface area (Å²) in [7, 11) is 0. The molecule has 1 aromatic carbocycles. The Morgan fingerprint density at radius 2 is 1.12 bits per heavy atom. The molecule has 8 atom stereocenters. The Morgan fingerprint density at radius 1 is 0.642 bits per heavy atom. The van der Waals surface area contributed by atoms with Crippen LogP contribution in [0.15, 0.2) is 40.4 Å². The molecule has 0 unspecified atom stereocenters. The molecule has 0 radical (unpaired) electrons. The molecule has 24 nitrogen and oxygen atoms in total. The number of carboxylic acids is 1. The molecular formula is C43H67N13O11. The van der Waals surface area contributed by atoms with Crippen LogP contribution in [0.4, 0.5) is 0 Å². The van der Waals surface area contributed by atoms with Crippen molar-refractivity contribution in [2.24, 2.45) is 62.1 Å². The number of amides is 5. The van der Waals surface area contributed by atoms with Crippen molar-refractivity contribution in [1.29, 1.82) is 0 Å². The van der Waals surface area contributed by atoms with Crippen molar-refractivity contribution in [2.75, 3.05) is 19.7 Å². The van der Waals surface area contributed by atoms with Crippen molar-refractivity contribution < 1.29 is 53.4 Å². The van der Waals surface area contributed by atoms with Crippen LogP contribution in [0, 0.1) is 17.8 Å². The SMILES string of the molecule is C[C@H](N)C(=O)N[C@@H](CCCN=C(N)N)C(=O)C[C@@H](CCC(N)=O)C(=O)N[C@@H](CCCN=C(N)N)C(=O)C[C@@H](C)C(=O)N[C@@H](CO)C(=O)C[C@@H](C)C(=O)N[C@@H](Cc1c[nH]c2ccccc12)C(=O)O. The molecule has 0 fully saturated rings. The van der Waals surface area contributed by atoms with Crippen LogP contribution in [0.25, 0.3) is 10.9 Å². The minimum Gasteiger partial charge on any atom is -0.480 e. The number of hydrogen-bond acceptors (Lipinski definition) is 13. The molecule has 0 saturated heterocycles. The normalized spacial score (nSPS) is 14.6. The summed E-state index contributed by atoms with van der Waals surface area (Å²) < 4.78 is 0. The molecule has 2 aromatic rings. The number of carbonyl (C=O) groups is 9. The number of nitrogens with zero attached hydrogens (tertiary/aromatic N) is 2. The third-order valence-corrected chi connectivity index (χ3v) is 10.8. The summed E-state index contributed by atoms with van der Waals surface area (Å²) >= 11 is 0. The van der Waals surface area contributed by atoms with Gasteiger partial charge in [-0.05, 0) is 50.7 Å². The van der Waals surface area contributed by atoms with E-state index in [0.717, 1.165) is 10.9 Å². The molecule has 0 aliphatic rings. The summed E-state index contributed by atoms with van der Waals surface area (Å²) in [5.41, 5.74) is 34.2. The molecular weight excluding hydrogens is 875 g/mol. The fourth-order valence-electron chi connectivity index (χ4n) is 6.90. The number of primary amides is 1. The molecule has 0 aliphatic heterocycles. The van der Waals surface area contributed by atoms with Gasteiger partial charge in [-0.15, -0.1) is 0 Å². The lowest BCUT2D eigenvalue weighted by Gasteiger charge is -2.25. The quantitative estimate of drug-likeness (QED) is 0.0200. The third-order valence-electron chi connectivity index (χ3n) is 10.8. The second kappa shape index (κ2) is 28.2. The summed E-state index contributed by atoms with van der Waals surface area (Å²) in [5, 5.41) is 30.8. The number of rotatable bonds is 32. The molecule has 5 amide bonds. The number of aliphatic carboxylic acids is 1. The second-order valence-electron chi connectivity index (χ2n) is 16.5. The van der Waals surface area contributed by atoms with Gasteiger partial charge in [0.05, 0.1) is 24.7 Å². The summed E-state index contributed by atoms with van der Waals surface area (Å²) in [5.74, 6) is -10.8. The highest BCUT2D eigenvalue weighted by Crippen LogP contribution is 2.21. The number of aromatic amines is 1. The van der Waals surface area contributed by atoms with Crippen LogP contribution in [-0.2, 0) is 49.6 Å². The number of aliphatic hydroxyl groups excluding tert-OH is 1. The number of hydrogen-bond donors (Lipinski definition) is 13. The Balaban J connectivity index is 2.18. The highest BCUT2D eigenvalue weighted by Gasteiger charge is 2.33. The maximum absolute atomic E-state index is 13.9. The van der Waals surface area contributed by atoms with Gasteiger partial charge < -0.3 is 70.9 Å². The summed E-state index contributed by atoms with van der Waals surface area (Å²) in [6.45, 7) is 3.50. The number of H-pyrrole nitrogens is 1. The van der Waals surface area contributed by atoms with E-state index in [1.165, 1.54) is 20.8 Å². The zero-order chi connectivity index (χ0) is 50.4. The van der Waals surface area contributed by atoms with Crippen molar-refractivity contribution in [1.82, 2.24) is 26.3 Å². The van der Waals surface area contributed by atoms with Crippen LogP contribution < -0.4 is 55.7 Å². The Hall–Kier alpha value is -6.95. The lowest BCUT2D eigenvalue weighted by atomic mass is 9.90. The average Bonchev–Trinajstić information content (AvgIpc) is 3.67. The molecule has 0 spiro atoms. The Bertz CT molecular complexity index is 2110. The highest BCUT2D eigenvalue weighted by molar-refractivity contribution is 5.97. The first-order valence-corrected chi connectivity index (χ1v) is 21.9. The van der Waals surface area contributed by atoms with E-state index in [1.54, 1.807) is 12.3 Å². The molecule has 67 heavy (non-hydrogen) atoms. The lowest BCUT2D eigenvalue weighted by molar-refractivity contribution is -0.142. The van der Waals surface area contributed by atoms with Crippen molar-refractivity contribution in [3.05, 3.63) is 36.0 Å². The smallest absolute Gasteiger partial charge is 0.326 e. The number of guanidine groups is 2. The van der Waals surface area contributed by atoms with Crippen LogP contribution in [-0.4, -0.2) is 130 Å². The minimum atomic E-state index is -1.49. The van der Waals surface area contributed by atoms with E-state index in [0.29, 0.717) is 5.56 Å². The van der Waals surface area contributed by atoms with Crippen LogP contribution in [0.1, 0.15) is 84.1 Å². The van der Waals surface area contributed by atoms with E-state index in [4.69, 9.17) is 34.4 Å². The molecule has 1 aromatic heterocycles. The molecule has 370 valence electrons. The number of ketones is 3. The first-order valence-electron chi connectivity index (χ1n) is 21.9. The second-order valence-corrected chi connectivity index (χ2v) is 16.5. The van der Waals surface area contributed by atoms with Gasteiger partial charge in [-0.3, -0.25) is 48.3 Å². The maximum atomic E-state index is 13.9. The zero-order valence-electron chi connectivity index (χ0n) is 38.1. The number of nitrogens with one attached hydrogen (secondary N) is 5. The fraction of sp³-hybridized carbons (Fsp3) is 0.558. The summed E-state index contributed by atoms with van der Waals surface area (Å²) in [6, 6.07) is 1.06. The molecule has 0 aliphatic carbocycles. The molecule has 1 heterocycles. The van der Waals surface area contributed by atoms with Crippen LogP contribution in [0.3, 0.4) is 0 Å². The third kappa shape index (κ3) is 20.0. The van der Waals surface area contributed by atoms with Crippen LogP contribution >= 0.6 is 0 Å². The minimum absolute atomic E-state index is 0.0355. The Labute approximate surface area is 387 Å². The van der Waals surface area contributed by atoms with Crippen molar-refractivity contribution in [2.45, 2.75) is 115 Å². The first kappa shape index (κ1) is 56.2. The Kier molecular flexibility index (Phi) is 23.6. The van der Waals surface area contributed by atoms with E-state index in [-0.39, 0.29) is 70.0 Å². The van der Waals surface area contributed by atoms with E-state index >= 15 is 0 Å². The highest BCUT2D eigenvalue weighted by atomic mass is 16.4. The topological polar surface area (TPSA) is 439 Å². The lowest BCUT2D eigenvalue weighted by Crippen LogP contribution is -2.49. The number of para-hydroxylation sites is 1. The van der Waals surface area contributed by atoms with Gasteiger partial charge in [0, 0.05) is 80.0 Å². The monoisotopic (exact) mass is 942 g/mol.